The van der Waals surface area contributed by atoms with E-state index in [1.165, 1.54) is 6.33 Å². The largest absolute Gasteiger partial charge is 0.488 e. The fourth-order valence-electron chi connectivity index (χ4n) is 9.56. The minimum absolute atomic E-state index is 0.0263. The van der Waals surface area contributed by atoms with Crippen LogP contribution in [0.3, 0.4) is 0 Å². The lowest BCUT2D eigenvalue weighted by atomic mass is 10.1. The Balaban J connectivity index is 0.000000188. The number of hydrogen-bond donors (Lipinski definition) is 1. The summed E-state index contributed by atoms with van der Waals surface area (Å²) >= 11 is 6.14. The van der Waals surface area contributed by atoms with Gasteiger partial charge in [-0.05, 0) is 143 Å². The second-order valence-electron chi connectivity index (χ2n) is 28.0. The summed E-state index contributed by atoms with van der Waals surface area (Å²) in [6.07, 6.45) is 6.91. The molecule has 2 saturated heterocycles. The van der Waals surface area contributed by atoms with Gasteiger partial charge in [0, 0.05) is 104 Å². The van der Waals surface area contributed by atoms with E-state index in [-0.39, 0.29) is 35.5 Å². The van der Waals surface area contributed by atoms with Gasteiger partial charge in [0.15, 0.2) is 0 Å². The number of ether oxygens (including phenoxy) is 6. The minimum Gasteiger partial charge on any atom is -0.488 e. The van der Waals surface area contributed by atoms with Crippen molar-refractivity contribution >= 4 is 67.6 Å². The van der Waals surface area contributed by atoms with Crippen LogP contribution in [0.25, 0.3) is 44.6 Å². The van der Waals surface area contributed by atoms with Gasteiger partial charge in [-0.15, -0.1) is 0 Å². The standard InChI is InChI=1S/C31H46N6O4Si.C21H27ClN4O2Si.C10H20N2O2/c1-22-19-35(13-14-36(22)29(38)41-30(2,3)4)27-18-26(32-20-33-27)28-24-17-23(40-31(5)11-12-31)9-10-25(24)34-37(28)21-39-15-16-42(6,7)8;1-21(7-8-21)28-15-5-6-17-16(11-15)20(18-12-19(22)24-13-23-18)26(25-17)14-27-9-10-29(2,3)4;1-8-7-11-5-6-12(8)9(13)14-10(2,3)4/h9-10,17-18,20,22H,11-16,19,21H2,1-8H3;5-6,11-13H,7-10,14H2,1-4H3;8,11H,5-7H2,1-4H3/t22-;;8-/m0.0/s1. The first-order valence-electron chi connectivity index (χ1n) is 30.1. The number of carbonyl (C=O) groups is 2. The van der Waals surface area contributed by atoms with Gasteiger partial charge in [0.25, 0.3) is 0 Å². The van der Waals surface area contributed by atoms with Crippen LogP contribution in [0, 0.1) is 0 Å². The average molecular weight is 1230 g/mol. The fraction of sp³-hybridized carbons (Fsp3) is 0.613. The highest BCUT2D eigenvalue weighted by Crippen LogP contribution is 2.42. The molecule has 23 heteroatoms. The number of amides is 2. The highest BCUT2D eigenvalue weighted by molar-refractivity contribution is 6.76. The van der Waals surface area contributed by atoms with Crippen LogP contribution < -0.4 is 19.7 Å². The topological polar surface area (TPSA) is 198 Å². The van der Waals surface area contributed by atoms with Crippen LogP contribution in [0.5, 0.6) is 11.5 Å². The van der Waals surface area contributed by atoms with Crippen molar-refractivity contribution in [3.63, 3.8) is 0 Å². The molecule has 464 valence electrons. The quantitative estimate of drug-likeness (QED) is 0.0513. The first-order valence-corrected chi connectivity index (χ1v) is 37.9. The minimum atomic E-state index is -1.22. The number of fused-ring (bicyclic) bond motifs is 2. The van der Waals surface area contributed by atoms with Gasteiger partial charge in [-0.25, -0.2) is 38.9 Å². The van der Waals surface area contributed by atoms with Gasteiger partial charge in [-0.1, -0.05) is 50.9 Å². The number of nitrogens with zero attached hydrogens (tertiary/aromatic N) is 11. The number of benzene rings is 2. The van der Waals surface area contributed by atoms with E-state index in [9.17, 15) is 9.59 Å². The molecule has 0 spiro atoms. The molecule has 4 fully saturated rings. The van der Waals surface area contributed by atoms with E-state index in [4.69, 9.17) is 55.2 Å². The molecule has 2 aliphatic carbocycles. The molecule has 2 saturated carbocycles. The molecule has 2 aromatic carbocycles. The monoisotopic (exact) mass is 1220 g/mol. The third kappa shape index (κ3) is 19.0. The lowest BCUT2D eigenvalue weighted by Gasteiger charge is -2.40. The molecule has 10 rings (SSSR count). The predicted octanol–water partition coefficient (Wildman–Crippen LogP) is 12.8. The van der Waals surface area contributed by atoms with Gasteiger partial charge >= 0.3 is 12.2 Å². The number of hydrogen-bond acceptors (Lipinski definition) is 16. The average Bonchev–Trinajstić information content (AvgIpc) is 2.02. The summed E-state index contributed by atoms with van der Waals surface area (Å²) in [7, 11) is -2.36. The van der Waals surface area contributed by atoms with Crippen molar-refractivity contribution < 1.29 is 38.0 Å². The summed E-state index contributed by atoms with van der Waals surface area (Å²) in [5, 5.41) is 15.2. The van der Waals surface area contributed by atoms with Gasteiger partial charge in [0.2, 0.25) is 0 Å². The predicted molar refractivity (Wildman–Crippen MR) is 341 cm³/mol. The summed E-state index contributed by atoms with van der Waals surface area (Å²) in [4.78, 5) is 48.0. The number of carbonyl (C=O) groups excluding carboxylic acids is 2. The summed E-state index contributed by atoms with van der Waals surface area (Å²) in [6.45, 7) is 40.2. The Kier molecular flexibility index (Phi) is 20.4. The molecule has 4 aromatic heterocycles. The Hall–Kier alpha value is -5.92. The third-order valence-electron chi connectivity index (χ3n) is 15.0. The Bertz CT molecular complexity index is 3250. The van der Waals surface area contributed by atoms with Crippen LogP contribution >= 0.6 is 11.6 Å². The Morgan fingerprint density at radius 3 is 1.54 bits per heavy atom. The van der Waals surface area contributed by atoms with Crippen molar-refractivity contribution in [1.29, 1.82) is 0 Å². The number of anilines is 1. The van der Waals surface area contributed by atoms with Crippen LogP contribution in [0.1, 0.15) is 94.9 Å². The van der Waals surface area contributed by atoms with Crippen molar-refractivity contribution in [1.82, 2.24) is 54.6 Å². The molecule has 20 nitrogen and oxygen atoms in total. The van der Waals surface area contributed by atoms with Gasteiger partial charge in [-0.3, -0.25) is 0 Å². The van der Waals surface area contributed by atoms with Crippen molar-refractivity contribution in [2.75, 3.05) is 57.4 Å². The second-order valence-corrected chi connectivity index (χ2v) is 39.7. The molecule has 0 unspecified atom stereocenters. The SMILES string of the molecule is CC1(Oc2ccc3nn(COCC[Si](C)(C)C)c(-c4cc(Cl)ncn4)c3c2)CC1.C[C@H]1CN(c2cc(-c3c4cc(OC5(C)CC5)ccc4nn3COCC[Si](C)(C)C)ncn2)CCN1C(=O)OC(C)(C)C.C[C@H]1CNCCN1C(=O)OC(C)(C)C. The zero-order valence-corrected chi connectivity index (χ0v) is 56.1. The summed E-state index contributed by atoms with van der Waals surface area (Å²) in [5.41, 5.74) is 3.93. The van der Waals surface area contributed by atoms with Crippen LogP contribution in [-0.4, -0.2) is 165 Å². The van der Waals surface area contributed by atoms with Gasteiger partial charge in [0.05, 0.1) is 33.8 Å². The van der Waals surface area contributed by atoms with E-state index < -0.39 is 27.3 Å². The second kappa shape index (κ2) is 26.6. The van der Waals surface area contributed by atoms with Crippen molar-refractivity contribution in [2.45, 2.75) is 194 Å². The maximum Gasteiger partial charge on any atom is 0.410 e. The fourth-order valence-corrected chi connectivity index (χ4v) is 11.2. The molecule has 2 atom stereocenters. The van der Waals surface area contributed by atoms with E-state index in [0.29, 0.717) is 44.9 Å². The normalized spacial score (nSPS) is 18.5. The molecule has 85 heavy (non-hydrogen) atoms. The lowest BCUT2D eigenvalue weighted by Crippen LogP contribution is -2.55. The Morgan fingerprint density at radius 1 is 0.635 bits per heavy atom. The van der Waals surface area contributed by atoms with Gasteiger partial charge in [0.1, 0.15) is 71.0 Å². The van der Waals surface area contributed by atoms with Crippen LogP contribution in [0.15, 0.2) is 61.2 Å². The smallest absolute Gasteiger partial charge is 0.410 e. The van der Waals surface area contributed by atoms with Crippen LogP contribution in [0.2, 0.25) is 56.5 Å². The number of nitrogens with one attached hydrogen (secondary N) is 1. The number of piperazine rings is 2. The van der Waals surface area contributed by atoms with E-state index in [2.05, 4.69) is 84.4 Å². The molecular weight excluding hydrogens is 1130 g/mol. The van der Waals surface area contributed by atoms with Crippen LogP contribution in [-0.2, 0) is 32.4 Å². The summed E-state index contributed by atoms with van der Waals surface area (Å²) in [6, 6.07) is 18.2. The summed E-state index contributed by atoms with van der Waals surface area (Å²) in [5.74, 6) is 2.50. The molecule has 1 N–H and O–H groups in total. The molecule has 6 heterocycles. The maximum atomic E-state index is 12.7. The molecule has 2 aliphatic heterocycles. The molecule has 2 amide bonds. The number of aromatic nitrogens is 8. The zero-order chi connectivity index (χ0) is 61.7. The molecule has 6 aromatic rings. The Morgan fingerprint density at radius 2 is 1.11 bits per heavy atom. The van der Waals surface area contributed by atoms with Crippen molar-refractivity contribution in [2.24, 2.45) is 0 Å². The summed E-state index contributed by atoms with van der Waals surface area (Å²) < 4.78 is 39.3. The first-order chi connectivity index (χ1) is 39.8. The first kappa shape index (κ1) is 65.1. The maximum absolute atomic E-state index is 12.7. The Labute approximate surface area is 510 Å². The van der Waals surface area contributed by atoms with E-state index >= 15 is 0 Å². The molecule has 4 aliphatic rings. The highest BCUT2D eigenvalue weighted by Gasteiger charge is 2.41. The van der Waals surface area contributed by atoms with Gasteiger partial charge < -0.3 is 48.4 Å². The molecule has 0 bridgehead atoms. The molecular formula is C62H93ClN12O8Si2. The van der Waals surface area contributed by atoms with E-state index in [1.807, 2.05) is 101 Å². The van der Waals surface area contributed by atoms with Gasteiger partial charge in [-0.2, -0.15) is 10.2 Å². The third-order valence-corrected chi connectivity index (χ3v) is 18.6. The van der Waals surface area contributed by atoms with E-state index in [0.717, 1.165) is 126 Å². The van der Waals surface area contributed by atoms with Crippen molar-refractivity contribution in [3.05, 3.63) is 66.3 Å². The highest BCUT2D eigenvalue weighted by atomic mass is 35.5. The zero-order valence-electron chi connectivity index (χ0n) is 53.3. The van der Waals surface area contributed by atoms with Crippen molar-refractivity contribution in [3.8, 4) is 34.3 Å². The van der Waals surface area contributed by atoms with Crippen LogP contribution in [0.4, 0.5) is 15.4 Å². The van der Waals surface area contributed by atoms with E-state index in [1.54, 1.807) is 22.2 Å². The number of rotatable bonds is 17. The molecule has 0 radical (unpaired) electrons. The lowest BCUT2D eigenvalue weighted by molar-refractivity contribution is 0.0136. The number of halogens is 1.